The second kappa shape index (κ2) is 13.6. The molecule has 9 nitrogen and oxygen atoms in total. The maximum absolute atomic E-state index is 13.8. The molecule has 41 heavy (non-hydrogen) atoms. The van der Waals surface area contributed by atoms with Crippen molar-refractivity contribution >= 4 is 29.4 Å². The first-order valence-corrected chi connectivity index (χ1v) is 14.2. The Kier molecular flexibility index (Phi) is 9.91. The molecule has 3 aromatic rings. The van der Waals surface area contributed by atoms with Crippen LogP contribution in [-0.2, 0) is 23.8 Å². The van der Waals surface area contributed by atoms with Crippen LogP contribution in [0.3, 0.4) is 0 Å². The Morgan fingerprint density at radius 2 is 1.76 bits per heavy atom. The number of carbonyl (C=O) groups is 2. The maximum atomic E-state index is 13.8. The lowest BCUT2D eigenvalue weighted by molar-refractivity contribution is -0.145. The van der Waals surface area contributed by atoms with Crippen LogP contribution in [-0.4, -0.2) is 50.0 Å². The number of carbonyl (C=O) groups excluding carboxylic acids is 2. The third-order valence-electron chi connectivity index (χ3n) is 6.52. The topological polar surface area (TPSA) is 105 Å². The lowest BCUT2D eigenvalue weighted by atomic mass is 9.93. The number of fused-ring (bicyclic) bond motifs is 1. The number of ether oxygens (including phenoxy) is 4. The predicted octanol–water partition coefficient (Wildman–Crippen LogP) is 3.49. The highest BCUT2D eigenvalue weighted by molar-refractivity contribution is 7.07. The standard InChI is InChI=1S/C31H34N2O7S/c1-6-38-26(34)18-40-24-13-7-21(8-14-24)17-25-29(35)33-28(23-11-9-22(10-12-23)19(2)3)27(20(4)32-31(33)41-25)30(36)39-16-15-37-5/h7-14,17,19,28H,6,15-16,18H2,1-5H3. The van der Waals surface area contributed by atoms with Crippen molar-refractivity contribution in [2.24, 2.45) is 4.99 Å². The van der Waals surface area contributed by atoms with Gasteiger partial charge in [-0.25, -0.2) is 14.6 Å². The number of benzene rings is 2. The predicted molar refractivity (Wildman–Crippen MR) is 156 cm³/mol. The highest BCUT2D eigenvalue weighted by Gasteiger charge is 2.33. The molecule has 0 amide bonds. The zero-order valence-corrected chi connectivity index (χ0v) is 24.7. The summed E-state index contributed by atoms with van der Waals surface area (Å²) >= 11 is 1.26. The minimum atomic E-state index is -0.691. The minimum Gasteiger partial charge on any atom is -0.482 e. The van der Waals surface area contributed by atoms with Crippen molar-refractivity contribution in [1.82, 2.24) is 4.57 Å². The highest BCUT2D eigenvalue weighted by atomic mass is 32.1. The monoisotopic (exact) mass is 578 g/mol. The molecule has 2 aromatic carbocycles. The van der Waals surface area contributed by atoms with Gasteiger partial charge in [-0.2, -0.15) is 0 Å². The average Bonchev–Trinajstić information content (AvgIpc) is 3.26. The van der Waals surface area contributed by atoms with Crippen LogP contribution in [0.25, 0.3) is 6.08 Å². The van der Waals surface area contributed by atoms with E-state index in [0.29, 0.717) is 38.9 Å². The summed E-state index contributed by atoms with van der Waals surface area (Å²) in [4.78, 5) is 43.8. The van der Waals surface area contributed by atoms with Crippen LogP contribution in [0, 0.1) is 0 Å². The Morgan fingerprint density at radius 3 is 2.39 bits per heavy atom. The fraction of sp³-hybridized carbons (Fsp3) is 0.355. The maximum Gasteiger partial charge on any atom is 0.344 e. The summed E-state index contributed by atoms with van der Waals surface area (Å²) in [5, 5.41) is 0. The van der Waals surface area contributed by atoms with E-state index >= 15 is 0 Å². The van der Waals surface area contributed by atoms with E-state index < -0.39 is 18.0 Å². The smallest absolute Gasteiger partial charge is 0.344 e. The normalized spacial score (nSPS) is 15.0. The summed E-state index contributed by atoms with van der Waals surface area (Å²) < 4.78 is 22.9. The molecule has 0 N–H and O–H groups in total. The number of hydrogen-bond donors (Lipinski definition) is 0. The zero-order valence-electron chi connectivity index (χ0n) is 23.8. The van der Waals surface area contributed by atoms with E-state index in [2.05, 4.69) is 18.8 Å². The van der Waals surface area contributed by atoms with Gasteiger partial charge in [-0.05, 0) is 54.7 Å². The van der Waals surface area contributed by atoms with Gasteiger partial charge in [-0.3, -0.25) is 9.36 Å². The van der Waals surface area contributed by atoms with Crippen molar-refractivity contribution in [2.75, 3.05) is 33.5 Å². The van der Waals surface area contributed by atoms with Gasteiger partial charge in [0.25, 0.3) is 5.56 Å². The van der Waals surface area contributed by atoms with Crippen LogP contribution in [0.2, 0.25) is 0 Å². The van der Waals surface area contributed by atoms with Gasteiger partial charge in [0.2, 0.25) is 0 Å². The zero-order chi connectivity index (χ0) is 29.5. The van der Waals surface area contributed by atoms with E-state index in [1.165, 1.54) is 18.4 Å². The molecule has 1 unspecified atom stereocenters. The van der Waals surface area contributed by atoms with Crippen molar-refractivity contribution < 1.29 is 28.5 Å². The summed E-state index contributed by atoms with van der Waals surface area (Å²) in [6, 6.07) is 14.3. The van der Waals surface area contributed by atoms with Gasteiger partial charge < -0.3 is 18.9 Å². The van der Waals surface area contributed by atoms with Gasteiger partial charge >= 0.3 is 11.9 Å². The van der Waals surface area contributed by atoms with Crippen molar-refractivity contribution in [3.8, 4) is 5.75 Å². The summed E-state index contributed by atoms with van der Waals surface area (Å²) in [5.74, 6) is -0.130. The third kappa shape index (κ3) is 7.01. The molecule has 0 saturated carbocycles. The van der Waals surface area contributed by atoms with Gasteiger partial charge in [-0.1, -0.05) is 61.6 Å². The van der Waals surface area contributed by atoms with Crippen LogP contribution in [0.4, 0.5) is 0 Å². The molecule has 216 valence electrons. The summed E-state index contributed by atoms with van der Waals surface area (Å²) in [5.41, 5.74) is 3.27. The number of allylic oxidation sites excluding steroid dienone is 1. The first-order valence-electron chi connectivity index (χ1n) is 13.4. The van der Waals surface area contributed by atoms with Crippen molar-refractivity contribution in [3.05, 3.63) is 96.2 Å². The summed E-state index contributed by atoms with van der Waals surface area (Å²) in [7, 11) is 1.53. The lowest BCUT2D eigenvalue weighted by Crippen LogP contribution is -2.40. The lowest BCUT2D eigenvalue weighted by Gasteiger charge is -2.25. The van der Waals surface area contributed by atoms with E-state index in [-0.39, 0.29) is 25.4 Å². The Hall–Kier alpha value is -4.02. The molecule has 0 saturated heterocycles. The minimum absolute atomic E-state index is 0.0923. The molecule has 1 aromatic heterocycles. The molecule has 1 aliphatic heterocycles. The molecule has 4 rings (SSSR count). The van der Waals surface area contributed by atoms with Crippen LogP contribution in [0.5, 0.6) is 5.75 Å². The molecule has 2 heterocycles. The summed E-state index contributed by atoms with van der Waals surface area (Å²) in [6.07, 6.45) is 1.77. The van der Waals surface area contributed by atoms with E-state index in [1.54, 1.807) is 48.8 Å². The molecule has 0 fully saturated rings. The van der Waals surface area contributed by atoms with Crippen molar-refractivity contribution in [2.45, 2.75) is 39.7 Å². The summed E-state index contributed by atoms with van der Waals surface area (Å²) in [6.45, 7) is 8.18. The fourth-order valence-corrected chi connectivity index (χ4v) is 5.46. The van der Waals surface area contributed by atoms with Crippen LogP contribution in [0.15, 0.2) is 69.6 Å². The first-order chi connectivity index (χ1) is 19.7. The SMILES string of the molecule is CCOC(=O)COc1ccc(C=c2sc3n(c2=O)C(c2ccc(C(C)C)cc2)C(C(=O)OCCOC)=C(C)N=3)cc1. The quantitative estimate of drug-likeness (QED) is 0.253. The van der Waals surface area contributed by atoms with Crippen LogP contribution < -0.4 is 19.6 Å². The molecule has 10 heteroatoms. The molecule has 1 atom stereocenters. The number of aromatic nitrogens is 1. The Bertz CT molecular complexity index is 1600. The second-order valence-corrected chi connectivity index (χ2v) is 10.7. The Labute approximate surface area is 242 Å². The Balaban J connectivity index is 1.72. The van der Waals surface area contributed by atoms with Gasteiger partial charge in [0.05, 0.1) is 35.1 Å². The second-order valence-electron chi connectivity index (χ2n) is 9.69. The molecule has 0 spiro atoms. The molecule has 0 bridgehead atoms. The van der Waals surface area contributed by atoms with Gasteiger partial charge in [0.15, 0.2) is 11.4 Å². The average molecular weight is 579 g/mol. The number of methoxy groups -OCH3 is 1. The van der Waals surface area contributed by atoms with Gasteiger partial charge in [0, 0.05) is 7.11 Å². The van der Waals surface area contributed by atoms with Gasteiger partial charge in [0.1, 0.15) is 12.4 Å². The molecule has 0 aliphatic carbocycles. The van der Waals surface area contributed by atoms with Crippen LogP contribution >= 0.6 is 11.3 Å². The highest BCUT2D eigenvalue weighted by Crippen LogP contribution is 2.31. The molecular formula is C31H34N2O7S. The Morgan fingerprint density at radius 1 is 1.05 bits per heavy atom. The number of nitrogens with zero attached hydrogens (tertiary/aromatic N) is 2. The first kappa shape index (κ1) is 30.0. The van der Waals surface area contributed by atoms with Crippen molar-refractivity contribution in [1.29, 1.82) is 0 Å². The molecule has 0 radical (unpaired) electrons. The largest absolute Gasteiger partial charge is 0.482 e. The van der Waals surface area contributed by atoms with Crippen LogP contribution in [0.1, 0.15) is 56.3 Å². The number of hydrogen-bond acceptors (Lipinski definition) is 9. The van der Waals surface area contributed by atoms with E-state index in [9.17, 15) is 14.4 Å². The number of rotatable bonds is 11. The number of thiazole rings is 1. The number of esters is 2. The third-order valence-corrected chi connectivity index (χ3v) is 7.50. The molecular weight excluding hydrogens is 544 g/mol. The van der Waals surface area contributed by atoms with Gasteiger partial charge in [-0.15, -0.1) is 0 Å². The van der Waals surface area contributed by atoms with Crippen molar-refractivity contribution in [3.63, 3.8) is 0 Å². The fourth-order valence-electron chi connectivity index (χ4n) is 4.41. The van der Waals surface area contributed by atoms with E-state index in [4.69, 9.17) is 18.9 Å². The molecule has 1 aliphatic rings. The van der Waals surface area contributed by atoms with E-state index in [0.717, 1.165) is 16.7 Å². The van der Waals surface area contributed by atoms with E-state index in [1.807, 2.05) is 24.3 Å².